The molecular formula is C15H29ClN2O. The van der Waals surface area contributed by atoms with E-state index in [0.717, 1.165) is 25.8 Å². The number of rotatable bonds is 4. The number of nitrogens with one attached hydrogen (secondary N) is 1. The van der Waals surface area contributed by atoms with Crippen molar-refractivity contribution >= 4 is 18.3 Å². The van der Waals surface area contributed by atoms with Gasteiger partial charge in [-0.2, -0.15) is 0 Å². The first-order chi connectivity index (χ1) is 8.74. The van der Waals surface area contributed by atoms with Crippen molar-refractivity contribution in [3.63, 3.8) is 0 Å². The second kappa shape index (κ2) is 8.80. The second-order valence-corrected chi connectivity index (χ2v) is 6.30. The Bertz CT molecular complexity index is 267. The molecule has 2 unspecified atom stereocenters. The summed E-state index contributed by atoms with van der Waals surface area (Å²) in [5.41, 5.74) is 5.97. The Balaban J connectivity index is 0.00000180. The minimum atomic E-state index is 0. The molecule has 3 N–H and O–H groups in total. The van der Waals surface area contributed by atoms with Crippen LogP contribution in [0.5, 0.6) is 0 Å². The zero-order valence-corrected chi connectivity index (χ0v) is 12.7. The summed E-state index contributed by atoms with van der Waals surface area (Å²) in [5, 5.41) is 3.13. The van der Waals surface area contributed by atoms with Crippen molar-refractivity contribution in [3.8, 4) is 0 Å². The van der Waals surface area contributed by atoms with Gasteiger partial charge >= 0.3 is 0 Å². The fraction of sp³-hybridized carbons (Fsp3) is 0.933. The molecule has 0 saturated heterocycles. The average Bonchev–Trinajstić information content (AvgIpc) is 2.38. The Hall–Kier alpha value is -0.280. The van der Waals surface area contributed by atoms with Crippen molar-refractivity contribution in [1.29, 1.82) is 0 Å². The van der Waals surface area contributed by atoms with E-state index in [1.165, 1.54) is 44.9 Å². The first-order valence-corrected chi connectivity index (χ1v) is 7.76. The van der Waals surface area contributed by atoms with Crippen LogP contribution in [-0.2, 0) is 4.79 Å². The number of carbonyl (C=O) groups excluding carboxylic acids is 1. The second-order valence-electron chi connectivity index (χ2n) is 6.30. The van der Waals surface area contributed by atoms with Gasteiger partial charge in [0.05, 0.1) is 0 Å². The van der Waals surface area contributed by atoms with Crippen molar-refractivity contribution in [2.75, 3.05) is 6.54 Å². The summed E-state index contributed by atoms with van der Waals surface area (Å²) >= 11 is 0. The molecule has 3 nitrogen and oxygen atoms in total. The third-order valence-corrected chi connectivity index (χ3v) is 4.61. The Morgan fingerprint density at radius 1 is 1.00 bits per heavy atom. The molecule has 2 rings (SSSR count). The molecule has 0 radical (unpaired) electrons. The summed E-state index contributed by atoms with van der Waals surface area (Å²) in [6.07, 6.45) is 11.9. The number of hydrogen-bond acceptors (Lipinski definition) is 2. The van der Waals surface area contributed by atoms with Crippen molar-refractivity contribution in [2.45, 2.75) is 70.3 Å². The third kappa shape index (κ3) is 6.13. The molecule has 0 aliphatic heterocycles. The molecule has 2 aliphatic rings. The van der Waals surface area contributed by atoms with Crippen molar-refractivity contribution in [2.24, 2.45) is 17.6 Å². The van der Waals surface area contributed by atoms with E-state index >= 15 is 0 Å². The van der Waals surface area contributed by atoms with Gasteiger partial charge in [-0.05, 0) is 43.9 Å². The summed E-state index contributed by atoms with van der Waals surface area (Å²) in [4.78, 5) is 11.9. The summed E-state index contributed by atoms with van der Waals surface area (Å²) in [5.74, 6) is 1.53. The van der Waals surface area contributed by atoms with Crippen LogP contribution in [0.15, 0.2) is 0 Å². The maximum absolute atomic E-state index is 11.9. The SMILES string of the molecule is Cl.NC1CCCC(CNC(=O)CC2CCCCC2)C1. The van der Waals surface area contributed by atoms with Crippen LogP contribution < -0.4 is 11.1 Å². The van der Waals surface area contributed by atoms with Crippen LogP contribution >= 0.6 is 12.4 Å². The van der Waals surface area contributed by atoms with Gasteiger partial charge in [-0.1, -0.05) is 25.7 Å². The zero-order valence-electron chi connectivity index (χ0n) is 11.9. The molecule has 0 heterocycles. The molecule has 0 bridgehead atoms. The van der Waals surface area contributed by atoms with E-state index in [4.69, 9.17) is 5.73 Å². The highest BCUT2D eigenvalue weighted by Crippen LogP contribution is 2.26. The number of hydrogen-bond donors (Lipinski definition) is 2. The number of halogens is 1. The van der Waals surface area contributed by atoms with E-state index in [9.17, 15) is 4.79 Å². The molecule has 4 heteroatoms. The molecule has 2 aliphatic carbocycles. The highest BCUT2D eigenvalue weighted by molar-refractivity contribution is 5.85. The van der Waals surface area contributed by atoms with E-state index < -0.39 is 0 Å². The number of carbonyl (C=O) groups is 1. The minimum absolute atomic E-state index is 0. The minimum Gasteiger partial charge on any atom is -0.356 e. The monoisotopic (exact) mass is 288 g/mol. The highest BCUT2D eigenvalue weighted by Gasteiger charge is 2.21. The summed E-state index contributed by atoms with van der Waals surface area (Å²) in [7, 11) is 0. The normalized spacial score (nSPS) is 28.5. The first-order valence-electron chi connectivity index (χ1n) is 7.76. The van der Waals surface area contributed by atoms with Crippen LogP contribution in [0.1, 0.15) is 64.2 Å². The molecular weight excluding hydrogens is 260 g/mol. The zero-order chi connectivity index (χ0) is 12.8. The van der Waals surface area contributed by atoms with Gasteiger partial charge in [0.15, 0.2) is 0 Å². The molecule has 112 valence electrons. The van der Waals surface area contributed by atoms with Crippen molar-refractivity contribution in [3.05, 3.63) is 0 Å². The Morgan fingerprint density at radius 3 is 2.37 bits per heavy atom. The molecule has 0 aromatic heterocycles. The van der Waals surface area contributed by atoms with Crippen molar-refractivity contribution in [1.82, 2.24) is 5.32 Å². The highest BCUT2D eigenvalue weighted by atomic mass is 35.5. The fourth-order valence-electron chi connectivity index (χ4n) is 3.50. The summed E-state index contributed by atoms with van der Waals surface area (Å²) in [6, 6.07) is 0.360. The van der Waals surface area contributed by atoms with Crippen LogP contribution in [0.25, 0.3) is 0 Å². The largest absolute Gasteiger partial charge is 0.356 e. The fourth-order valence-corrected chi connectivity index (χ4v) is 3.50. The summed E-state index contributed by atoms with van der Waals surface area (Å²) < 4.78 is 0. The molecule has 1 amide bonds. The lowest BCUT2D eigenvalue weighted by molar-refractivity contribution is -0.122. The van der Waals surface area contributed by atoms with E-state index in [1.54, 1.807) is 0 Å². The molecule has 0 spiro atoms. The van der Waals surface area contributed by atoms with Gasteiger partial charge in [-0.15, -0.1) is 12.4 Å². The third-order valence-electron chi connectivity index (χ3n) is 4.61. The first kappa shape index (κ1) is 16.8. The molecule has 2 atom stereocenters. The quantitative estimate of drug-likeness (QED) is 0.835. The topological polar surface area (TPSA) is 55.1 Å². The van der Waals surface area contributed by atoms with Crippen LogP contribution in [0.2, 0.25) is 0 Å². The Morgan fingerprint density at radius 2 is 1.68 bits per heavy atom. The van der Waals surface area contributed by atoms with E-state index in [0.29, 0.717) is 17.9 Å². The predicted molar refractivity (Wildman–Crippen MR) is 81.4 cm³/mol. The molecule has 2 fully saturated rings. The van der Waals surface area contributed by atoms with Gasteiger partial charge in [0.25, 0.3) is 0 Å². The van der Waals surface area contributed by atoms with Gasteiger partial charge in [0.1, 0.15) is 0 Å². The summed E-state index contributed by atoms with van der Waals surface area (Å²) in [6.45, 7) is 0.846. The van der Waals surface area contributed by atoms with Crippen LogP contribution in [0, 0.1) is 11.8 Å². The molecule has 0 aromatic carbocycles. The van der Waals surface area contributed by atoms with Gasteiger partial charge in [-0.3, -0.25) is 4.79 Å². The predicted octanol–water partition coefficient (Wildman–Crippen LogP) is 3.01. The maximum atomic E-state index is 11.9. The Kier molecular flexibility index (Phi) is 7.77. The van der Waals surface area contributed by atoms with Gasteiger partial charge in [-0.25, -0.2) is 0 Å². The smallest absolute Gasteiger partial charge is 0.220 e. The van der Waals surface area contributed by atoms with Gasteiger partial charge < -0.3 is 11.1 Å². The van der Waals surface area contributed by atoms with Crippen molar-refractivity contribution < 1.29 is 4.79 Å². The number of nitrogens with two attached hydrogens (primary N) is 1. The average molecular weight is 289 g/mol. The lowest BCUT2D eigenvalue weighted by Crippen LogP contribution is -2.36. The van der Waals surface area contributed by atoms with Crippen LogP contribution in [0.3, 0.4) is 0 Å². The number of amides is 1. The van der Waals surface area contributed by atoms with Gasteiger partial charge in [0, 0.05) is 19.0 Å². The van der Waals surface area contributed by atoms with Crippen LogP contribution in [-0.4, -0.2) is 18.5 Å². The molecule has 0 aromatic rings. The maximum Gasteiger partial charge on any atom is 0.220 e. The van der Waals surface area contributed by atoms with Gasteiger partial charge in [0.2, 0.25) is 5.91 Å². The standard InChI is InChI=1S/C15H28N2O.ClH/c16-14-8-4-7-13(9-14)11-17-15(18)10-12-5-2-1-3-6-12;/h12-14H,1-11,16H2,(H,17,18);1H. The van der Waals surface area contributed by atoms with E-state index in [1.807, 2.05) is 0 Å². The Labute approximate surface area is 123 Å². The van der Waals surface area contributed by atoms with Crippen LogP contribution in [0.4, 0.5) is 0 Å². The lowest BCUT2D eigenvalue weighted by atomic mass is 9.85. The molecule has 2 saturated carbocycles. The lowest BCUT2D eigenvalue weighted by Gasteiger charge is -2.27. The van der Waals surface area contributed by atoms with E-state index in [2.05, 4.69) is 5.32 Å². The molecule has 19 heavy (non-hydrogen) atoms. The van der Waals surface area contributed by atoms with E-state index in [-0.39, 0.29) is 18.3 Å².